The summed E-state index contributed by atoms with van der Waals surface area (Å²) < 4.78 is 6.24. The number of ether oxygens (including phenoxy) is 1. The van der Waals surface area contributed by atoms with Gasteiger partial charge in [-0.25, -0.2) is 4.98 Å². The molecular weight excluding hydrogens is 322 g/mol. The Kier molecular flexibility index (Phi) is 3.66. The van der Waals surface area contributed by atoms with Gasteiger partial charge in [0.05, 0.1) is 29.4 Å². The monoisotopic (exact) mass is 337 g/mol. The van der Waals surface area contributed by atoms with E-state index in [0.29, 0.717) is 12.1 Å². The number of aromatic amines is 1. The standard InChI is InChI=1S/C18H15N3O2S/c1-23-14-3-5-15-12(7-14)6-13(21-15)9-19-18(22)11-2-4-16-17(8-11)24-10-20-16/h2-8,10,21H,9H2,1H3,(H,19,22). The number of hydrogen-bond acceptors (Lipinski definition) is 4. The average molecular weight is 337 g/mol. The van der Waals surface area contributed by atoms with Crippen LogP contribution in [0.5, 0.6) is 5.75 Å². The van der Waals surface area contributed by atoms with Gasteiger partial charge >= 0.3 is 0 Å². The predicted octanol–water partition coefficient (Wildman–Crippen LogP) is 3.72. The van der Waals surface area contributed by atoms with Crippen molar-refractivity contribution in [2.45, 2.75) is 6.54 Å². The summed E-state index contributed by atoms with van der Waals surface area (Å²) in [5, 5.41) is 4.00. The van der Waals surface area contributed by atoms with Crippen LogP contribution in [0.2, 0.25) is 0 Å². The molecule has 0 aliphatic heterocycles. The van der Waals surface area contributed by atoms with Crippen LogP contribution in [0.4, 0.5) is 0 Å². The first-order chi connectivity index (χ1) is 11.7. The van der Waals surface area contributed by atoms with E-state index in [2.05, 4.69) is 15.3 Å². The van der Waals surface area contributed by atoms with Crippen LogP contribution in [-0.2, 0) is 6.54 Å². The number of thiazole rings is 1. The van der Waals surface area contributed by atoms with Gasteiger partial charge in [0.1, 0.15) is 5.75 Å². The molecule has 0 spiro atoms. The molecule has 0 unspecified atom stereocenters. The van der Waals surface area contributed by atoms with Crippen molar-refractivity contribution >= 4 is 38.4 Å². The van der Waals surface area contributed by atoms with Crippen molar-refractivity contribution in [3.8, 4) is 5.75 Å². The van der Waals surface area contributed by atoms with Crippen molar-refractivity contribution < 1.29 is 9.53 Å². The van der Waals surface area contributed by atoms with Crippen LogP contribution in [0.15, 0.2) is 48.0 Å². The molecule has 0 fully saturated rings. The van der Waals surface area contributed by atoms with Crippen LogP contribution in [0.25, 0.3) is 21.1 Å². The van der Waals surface area contributed by atoms with Crippen molar-refractivity contribution in [2.75, 3.05) is 7.11 Å². The van der Waals surface area contributed by atoms with E-state index in [1.165, 1.54) is 11.3 Å². The highest BCUT2D eigenvalue weighted by Crippen LogP contribution is 2.22. The number of methoxy groups -OCH3 is 1. The Bertz CT molecular complexity index is 1040. The predicted molar refractivity (Wildman–Crippen MR) is 95.6 cm³/mol. The molecule has 0 saturated heterocycles. The summed E-state index contributed by atoms with van der Waals surface area (Å²) in [6.45, 7) is 0.441. The van der Waals surface area contributed by atoms with E-state index < -0.39 is 0 Å². The first kappa shape index (κ1) is 14.7. The number of nitrogens with zero attached hydrogens (tertiary/aromatic N) is 1. The maximum absolute atomic E-state index is 12.3. The third-order valence-electron chi connectivity index (χ3n) is 3.92. The molecule has 2 N–H and O–H groups in total. The summed E-state index contributed by atoms with van der Waals surface area (Å²) in [7, 11) is 1.65. The fourth-order valence-electron chi connectivity index (χ4n) is 2.67. The largest absolute Gasteiger partial charge is 0.497 e. The Balaban J connectivity index is 1.50. The Hall–Kier alpha value is -2.86. The lowest BCUT2D eigenvalue weighted by molar-refractivity contribution is 0.0950. The number of carbonyl (C=O) groups is 1. The summed E-state index contributed by atoms with van der Waals surface area (Å²) >= 11 is 1.53. The molecule has 5 nitrogen and oxygen atoms in total. The molecule has 6 heteroatoms. The van der Waals surface area contributed by atoms with Crippen molar-refractivity contribution in [3.05, 3.63) is 59.2 Å². The molecule has 2 heterocycles. The quantitative estimate of drug-likeness (QED) is 0.596. The van der Waals surface area contributed by atoms with Crippen LogP contribution >= 0.6 is 11.3 Å². The zero-order valence-electron chi connectivity index (χ0n) is 13.0. The van der Waals surface area contributed by atoms with Gasteiger partial charge in [0.15, 0.2) is 0 Å². The van der Waals surface area contributed by atoms with Gasteiger partial charge in [0.25, 0.3) is 5.91 Å². The van der Waals surface area contributed by atoms with Crippen LogP contribution < -0.4 is 10.1 Å². The van der Waals surface area contributed by atoms with E-state index in [-0.39, 0.29) is 5.91 Å². The third-order valence-corrected chi connectivity index (χ3v) is 4.71. The van der Waals surface area contributed by atoms with E-state index in [1.807, 2.05) is 36.4 Å². The molecule has 0 radical (unpaired) electrons. The van der Waals surface area contributed by atoms with E-state index >= 15 is 0 Å². The molecule has 24 heavy (non-hydrogen) atoms. The van der Waals surface area contributed by atoms with Gasteiger partial charge < -0.3 is 15.0 Å². The molecule has 2 aromatic heterocycles. The molecule has 1 amide bonds. The highest BCUT2D eigenvalue weighted by Gasteiger charge is 2.09. The summed E-state index contributed by atoms with van der Waals surface area (Å²) in [6, 6.07) is 13.4. The van der Waals surface area contributed by atoms with Gasteiger partial charge in [-0.2, -0.15) is 0 Å². The van der Waals surface area contributed by atoms with E-state index in [1.54, 1.807) is 18.7 Å². The molecule has 0 aliphatic rings. The number of benzene rings is 2. The molecular formula is C18H15N3O2S. The van der Waals surface area contributed by atoms with Gasteiger partial charge in [-0.05, 0) is 42.5 Å². The SMILES string of the molecule is COc1ccc2[nH]c(CNC(=O)c3ccc4ncsc4c3)cc2c1. The zero-order valence-corrected chi connectivity index (χ0v) is 13.8. The lowest BCUT2D eigenvalue weighted by Crippen LogP contribution is -2.22. The lowest BCUT2D eigenvalue weighted by Gasteiger charge is -2.03. The molecule has 0 aliphatic carbocycles. The topological polar surface area (TPSA) is 67.0 Å². The average Bonchev–Trinajstić information content (AvgIpc) is 3.24. The number of hydrogen-bond donors (Lipinski definition) is 2. The molecule has 4 rings (SSSR count). The highest BCUT2D eigenvalue weighted by atomic mass is 32.1. The van der Waals surface area contributed by atoms with Crippen LogP contribution in [0.1, 0.15) is 16.1 Å². The van der Waals surface area contributed by atoms with Gasteiger partial charge in [-0.3, -0.25) is 4.79 Å². The Labute approximate surface area is 142 Å². The van der Waals surface area contributed by atoms with Crippen LogP contribution in [0, 0.1) is 0 Å². The van der Waals surface area contributed by atoms with E-state index in [0.717, 1.165) is 32.6 Å². The summed E-state index contributed by atoms with van der Waals surface area (Å²) in [5.41, 5.74) is 5.31. The minimum absolute atomic E-state index is 0.0958. The Morgan fingerprint density at radius 1 is 1.25 bits per heavy atom. The van der Waals surface area contributed by atoms with Crippen LogP contribution in [0.3, 0.4) is 0 Å². The number of H-pyrrole nitrogens is 1. The minimum Gasteiger partial charge on any atom is -0.497 e. The molecule has 4 aromatic rings. The molecule has 2 aromatic carbocycles. The highest BCUT2D eigenvalue weighted by molar-refractivity contribution is 7.16. The number of aromatic nitrogens is 2. The smallest absolute Gasteiger partial charge is 0.251 e. The first-order valence-corrected chi connectivity index (χ1v) is 8.38. The molecule has 0 saturated carbocycles. The number of amides is 1. The Morgan fingerprint density at radius 3 is 3.04 bits per heavy atom. The second kappa shape index (κ2) is 5.98. The summed E-state index contributed by atoms with van der Waals surface area (Å²) in [6.07, 6.45) is 0. The first-order valence-electron chi connectivity index (χ1n) is 7.50. The van der Waals surface area contributed by atoms with Crippen molar-refractivity contribution in [2.24, 2.45) is 0 Å². The second-order valence-corrected chi connectivity index (χ2v) is 6.35. The maximum atomic E-state index is 12.3. The number of fused-ring (bicyclic) bond motifs is 2. The normalized spacial score (nSPS) is 11.0. The number of nitrogens with one attached hydrogen (secondary N) is 2. The maximum Gasteiger partial charge on any atom is 0.251 e. The molecule has 0 bridgehead atoms. The van der Waals surface area contributed by atoms with Crippen LogP contribution in [-0.4, -0.2) is 23.0 Å². The van der Waals surface area contributed by atoms with Gasteiger partial charge in [-0.1, -0.05) is 0 Å². The van der Waals surface area contributed by atoms with Gasteiger partial charge in [0, 0.05) is 22.2 Å². The lowest BCUT2D eigenvalue weighted by atomic mass is 10.2. The fraction of sp³-hybridized carbons (Fsp3) is 0.111. The van der Waals surface area contributed by atoms with Crippen molar-refractivity contribution in [1.82, 2.24) is 15.3 Å². The van der Waals surface area contributed by atoms with Crippen molar-refractivity contribution in [1.29, 1.82) is 0 Å². The van der Waals surface area contributed by atoms with E-state index in [4.69, 9.17) is 4.74 Å². The van der Waals surface area contributed by atoms with Crippen molar-refractivity contribution in [3.63, 3.8) is 0 Å². The third kappa shape index (κ3) is 2.72. The fourth-order valence-corrected chi connectivity index (χ4v) is 3.38. The Morgan fingerprint density at radius 2 is 2.17 bits per heavy atom. The number of rotatable bonds is 4. The minimum atomic E-state index is -0.0958. The summed E-state index contributed by atoms with van der Waals surface area (Å²) in [5.74, 6) is 0.719. The molecule has 120 valence electrons. The summed E-state index contributed by atoms with van der Waals surface area (Å²) in [4.78, 5) is 19.9. The van der Waals surface area contributed by atoms with Gasteiger partial charge in [-0.15, -0.1) is 11.3 Å². The molecule has 0 atom stereocenters. The number of carbonyl (C=O) groups excluding carboxylic acids is 1. The second-order valence-electron chi connectivity index (χ2n) is 5.47. The van der Waals surface area contributed by atoms with E-state index in [9.17, 15) is 4.79 Å². The zero-order chi connectivity index (χ0) is 16.5. The van der Waals surface area contributed by atoms with Gasteiger partial charge in [0.2, 0.25) is 0 Å².